The summed E-state index contributed by atoms with van der Waals surface area (Å²) in [4.78, 5) is 10.6. The number of carbonyl (C=O) groups is 1. The maximum Gasteiger partial charge on any atom is 0.0445 e. The molecule has 2 heteroatoms. The second-order valence-corrected chi connectivity index (χ2v) is 3.65. The van der Waals surface area contributed by atoms with Crippen LogP contribution in [0.4, 0.5) is 0 Å². The maximum atomic E-state index is 10.6. The summed E-state index contributed by atoms with van der Waals surface area (Å²) in [6, 6.07) is 0. The lowest BCUT2D eigenvalue weighted by molar-refractivity contribution is -0.312. The first-order valence-corrected chi connectivity index (χ1v) is 5.43. The van der Waals surface area contributed by atoms with Gasteiger partial charge in [0, 0.05) is 5.97 Å². The monoisotopic (exact) mass is 185 g/mol. The average Bonchev–Trinajstić information content (AvgIpc) is 2.10. The van der Waals surface area contributed by atoms with Crippen molar-refractivity contribution in [3.8, 4) is 0 Å². The molecule has 1 atom stereocenters. The van der Waals surface area contributed by atoms with Gasteiger partial charge in [0.2, 0.25) is 0 Å². The molecule has 0 saturated carbocycles. The van der Waals surface area contributed by atoms with E-state index >= 15 is 0 Å². The second kappa shape index (κ2) is 8.09. The number of unbranched alkanes of at least 4 members (excludes halogenated alkanes) is 3. The summed E-state index contributed by atoms with van der Waals surface area (Å²) < 4.78 is 0. The van der Waals surface area contributed by atoms with Crippen LogP contribution in [0.2, 0.25) is 0 Å². The summed E-state index contributed by atoms with van der Waals surface area (Å²) in [6.07, 6.45) is 7.11. The molecule has 0 fully saturated rings. The van der Waals surface area contributed by atoms with E-state index in [4.69, 9.17) is 0 Å². The molecule has 0 spiro atoms. The fourth-order valence-electron chi connectivity index (χ4n) is 1.55. The van der Waals surface area contributed by atoms with E-state index in [0.29, 0.717) is 0 Å². The zero-order chi connectivity index (χ0) is 10.1. The molecule has 0 aliphatic carbocycles. The number of hydrogen-bond donors (Lipinski definition) is 0. The van der Waals surface area contributed by atoms with Crippen LogP contribution in [-0.4, -0.2) is 5.97 Å². The normalized spacial score (nSPS) is 12.8. The minimum atomic E-state index is -0.863. The third kappa shape index (κ3) is 6.62. The van der Waals surface area contributed by atoms with Crippen LogP contribution in [0.25, 0.3) is 0 Å². The summed E-state index contributed by atoms with van der Waals surface area (Å²) in [5.74, 6) is -1.07. The first-order chi connectivity index (χ1) is 6.22. The number of rotatable bonds is 8. The molecule has 0 aliphatic rings. The maximum absolute atomic E-state index is 10.6. The summed E-state index contributed by atoms with van der Waals surface area (Å²) >= 11 is 0. The van der Waals surface area contributed by atoms with Gasteiger partial charge in [0.05, 0.1) is 0 Å². The van der Waals surface area contributed by atoms with Crippen LogP contribution in [0.15, 0.2) is 0 Å². The van der Waals surface area contributed by atoms with E-state index in [1.807, 2.05) is 6.92 Å². The molecular weight excluding hydrogens is 164 g/mol. The van der Waals surface area contributed by atoms with Crippen molar-refractivity contribution in [3.63, 3.8) is 0 Å². The second-order valence-electron chi connectivity index (χ2n) is 3.65. The predicted octanol–water partition coefficient (Wildman–Crippen LogP) is 2.12. The van der Waals surface area contributed by atoms with Gasteiger partial charge in [-0.1, -0.05) is 46.0 Å². The van der Waals surface area contributed by atoms with Crippen molar-refractivity contribution in [1.29, 1.82) is 0 Å². The molecule has 0 aliphatic heterocycles. The summed E-state index contributed by atoms with van der Waals surface area (Å²) in [6.45, 7) is 4.17. The Balaban J connectivity index is 3.51. The van der Waals surface area contributed by atoms with Crippen molar-refractivity contribution < 1.29 is 9.90 Å². The van der Waals surface area contributed by atoms with E-state index in [1.165, 1.54) is 12.8 Å². The van der Waals surface area contributed by atoms with E-state index < -0.39 is 5.97 Å². The Hall–Kier alpha value is -0.530. The van der Waals surface area contributed by atoms with Gasteiger partial charge in [0.15, 0.2) is 0 Å². The third-order valence-electron chi connectivity index (χ3n) is 2.38. The molecule has 0 aromatic carbocycles. The first kappa shape index (κ1) is 12.5. The fraction of sp³-hybridized carbons (Fsp3) is 0.909. The van der Waals surface area contributed by atoms with Gasteiger partial charge in [-0.05, 0) is 18.8 Å². The van der Waals surface area contributed by atoms with Gasteiger partial charge in [-0.15, -0.1) is 0 Å². The lowest BCUT2D eigenvalue weighted by Crippen LogP contribution is -2.31. The highest BCUT2D eigenvalue weighted by Crippen LogP contribution is 2.15. The Morgan fingerprint density at radius 3 is 2.23 bits per heavy atom. The number of carboxylic acids is 1. The summed E-state index contributed by atoms with van der Waals surface area (Å²) in [5.41, 5.74) is 0. The van der Waals surface area contributed by atoms with Gasteiger partial charge in [0.1, 0.15) is 0 Å². The van der Waals surface area contributed by atoms with Crippen LogP contribution in [0.5, 0.6) is 0 Å². The predicted molar refractivity (Wildman–Crippen MR) is 52.2 cm³/mol. The molecule has 78 valence electrons. The molecule has 0 rings (SSSR count). The Bertz CT molecular complexity index is 132. The molecule has 0 aromatic heterocycles. The van der Waals surface area contributed by atoms with Crippen molar-refractivity contribution in [3.05, 3.63) is 0 Å². The molecule has 13 heavy (non-hydrogen) atoms. The van der Waals surface area contributed by atoms with E-state index in [2.05, 4.69) is 6.92 Å². The molecule has 0 amide bonds. The first-order valence-electron chi connectivity index (χ1n) is 5.43. The Kier molecular flexibility index (Phi) is 7.76. The van der Waals surface area contributed by atoms with Crippen molar-refractivity contribution in [2.75, 3.05) is 0 Å². The molecule has 0 saturated heterocycles. The quantitative estimate of drug-likeness (QED) is 0.543. The smallest absolute Gasteiger partial charge is 0.0445 e. The van der Waals surface area contributed by atoms with Gasteiger partial charge >= 0.3 is 0 Å². The van der Waals surface area contributed by atoms with Gasteiger partial charge in [0.25, 0.3) is 0 Å². The van der Waals surface area contributed by atoms with Gasteiger partial charge in [-0.3, -0.25) is 0 Å². The van der Waals surface area contributed by atoms with Crippen molar-refractivity contribution in [2.45, 2.75) is 58.8 Å². The van der Waals surface area contributed by atoms with E-state index in [1.54, 1.807) is 0 Å². The number of carbonyl (C=O) groups excluding carboxylic acids is 1. The summed E-state index contributed by atoms with van der Waals surface area (Å²) in [5, 5.41) is 10.6. The largest absolute Gasteiger partial charge is 0.550 e. The van der Waals surface area contributed by atoms with E-state index in [-0.39, 0.29) is 5.92 Å². The Morgan fingerprint density at radius 2 is 1.77 bits per heavy atom. The lowest BCUT2D eigenvalue weighted by atomic mass is 9.96. The molecule has 0 N–H and O–H groups in total. The van der Waals surface area contributed by atoms with Gasteiger partial charge in [-0.25, -0.2) is 0 Å². The Labute approximate surface area is 81.3 Å². The molecule has 1 unspecified atom stereocenters. The van der Waals surface area contributed by atoms with Crippen LogP contribution >= 0.6 is 0 Å². The van der Waals surface area contributed by atoms with E-state index in [0.717, 1.165) is 32.1 Å². The van der Waals surface area contributed by atoms with Crippen LogP contribution in [0.1, 0.15) is 58.8 Å². The van der Waals surface area contributed by atoms with Crippen LogP contribution in [-0.2, 0) is 4.79 Å². The topological polar surface area (TPSA) is 40.1 Å². The zero-order valence-corrected chi connectivity index (χ0v) is 8.84. The molecular formula is C11H21O2-. The zero-order valence-electron chi connectivity index (χ0n) is 8.84. The third-order valence-corrected chi connectivity index (χ3v) is 2.38. The molecule has 0 aromatic rings. The van der Waals surface area contributed by atoms with Crippen molar-refractivity contribution >= 4 is 5.97 Å². The average molecular weight is 185 g/mol. The van der Waals surface area contributed by atoms with Gasteiger partial charge in [-0.2, -0.15) is 0 Å². The highest BCUT2D eigenvalue weighted by Gasteiger charge is 2.07. The fourth-order valence-corrected chi connectivity index (χ4v) is 1.55. The molecule has 2 nitrogen and oxygen atoms in total. The molecule has 0 heterocycles. The summed E-state index contributed by atoms with van der Waals surface area (Å²) in [7, 11) is 0. The number of hydrogen-bond acceptors (Lipinski definition) is 2. The minimum absolute atomic E-state index is 0.207. The highest BCUT2D eigenvalue weighted by atomic mass is 16.4. The van der Waals surface area contributed by atoms with Crippen molar-refractivity contribution in [1.82, 2.24) is 0 Å². The van der Waals surface area contributed by atoms with Gasteiger partial charge < -0.3 is 9.90 Å². The van der Waals surface area contributed by atoms with Crippen LogP contribution < -0.4 is 5.11 Å². The van der Waals surface area contributed by atoms with Crippen molar-refractivity contribution in [2.24, 2.45) is 5.92 Å². The minimum Gasteiger partial charge on any atom is -0.550 e. The highest BCUT2D eigenvalue weighted by molar-refractivity contribution is 5.67. The Morgan fingerprint density at radius 1 is 1.08 bits per heavy atom. The number of aliphatic carboxylic acids is 1. The lowest BCUT2D eigenvalue weighted by Gasteiger charge is -2.16. The van der Waals surface area contributed by atoms with E-state index in [9.17, 15) is 9.90 Å². The standard InChI is InChI=1S/C11H22O2/c1-3-5-6-7-9-10(8-4-2)11(12)13/h10H,3-9H2,1-2H3,(H,12,13)/p-1. The van der Waals surface area contributed by atoms with Crippen LogP contribution in [0, 0.1) is 5.92 Å². The number of carboxylic acid groups (broad SMARTS) is 1. The SMILES string of the molecule is CCCCCCC(CCC)C(=O)[O-]. The molecule has 0 radical (unpaired) electrons. The van der Waals surface area contributed by atoms with Crippen LogP contribution in [0.3, 0.4) is 0 Å². The molecule has 0 bridgehead atoms.